The number of anilines is 1. The zero-order valence-corrected chi connectivity index (χ0v) is 19.1. The maximum Gasteiger partial charge on any atom is 0.265 e. The normalized spacial score (nSPS) is 12.9. The van der Waals surface area contributed by atoms with Crippen LogP contribution in [0.2, 0.25) is 0 Å². The summed E-state index contributed by atoms with van der Waals surface area (Å²) in [4.78, 5) is 37.4. The van der Waals surface area contributed by atoms with Crippen LogP contribution in [0.4, 0.5) is 5.69 Å². The third-order valence-corrected chi connectivity index (χ3v) is 6.52. The molecule has 0 atom stereocenters. The molecule has 0 radical (unpaired) electrons. The zero-order chi connectivity index (χ0) is 22.9. The number of aromatic nitrogens is 2. The minimum absolute atomic E-state index is 0.0447. The van der Waals surface area contributed by atoms with Crippen LogP contribution < -0.4 is 9.64 Å². The fraction of sp³-hybridized carbons (Fsp3) is 0.154. The van der Waals surface area contributed by atoms with Crippen LogP contribution in [-0.2, 0) is 4.79 Å². The van der Waals surface area contributed by atoms with Crippen molar-refractivity contribution in [1.82, 2.24) is 9.97 Å². The molecule has 0 bridgehead atoms. The number of hydrogen-bond donors (Lipinski definition) is 0. The molecular formula is C26H21N3O3S. The van der Waals surface area contributed by atoms with Crippen LogP contribution in [0.1, 0.15) is 20.8 Å². The van der Waals surface area contributed by atoms with Crippen molar-refractivity contribution >= 4 is 28.7 Å². The molecule has 33 heavy (non-hydrogen) atoms. The van der Waals surface area contributed by atoms with E-state index < -0.39 is 0 Å². The maximum absolute atomic E-state index is 12.9. The number of pyridine rings is 1. The highest BCUT2D eigenvalue weighted by atomic mass is 32.1. The summed E-state index contributed by atoms with van der Waals surface area (Å²) in [6, 6.07) is 18.7. The van der Waals surface area contributed by atoms with Gasteiger partial charge in [-0.15, -0.1) is 11.3 Å². The number of aryl methyl sites for hydroxylation is 2. The van der Waals surface area contributed by atoms with Gasteiger partial charge in [0.1, 0.15) is 10.8 Å². The molecule has 164 valence electrons. The van der Waals surface area contributed by atoms with Crippen LogP contribution in [0.25, 0.3) is 22.0 Å². The predicted octanol–water partition coefficient (Wildman–Crippen LogP) is 5.10. The summed E-state index contributed by atoms with van der Waals surface area (Å²) in [5.74, 6) is 0.209. The van der Waals surface area contributed by atoms with Crippen molar-refractivity contribution in [2.24, 2.45) is 0 Å². The first kappa shape index (κ1) is 21.0. The Morgan fingerprint density at radius 1 is 1.09 bits per heavy atom. The summed E-state index contributed by atoms with van der Waals surface area (Å²) in [5.41, 5.74) is 4.73. The van der Waals surface area contributed by atoms with Crippen LogP contribution in [0.5, 0.6) is 5.75 Å². The van der Waals surface area contributed by atoms with Gasteiger partial charge < -0.3 is 4.74 Å². The van der Waals surface area contributed by atoms with Gasteiger partial charge in [0.15, 0.2) is 12.4 Å². The number of Topliss-reactive ketones (excluding diaryl/α,β-unsaturated/α-hetero) is 1. The van der Waals surface area contributed by atoms with E-state index in [1.165, 1.54) is 4.90 Å². The Hall–Kier alpha value is -3.84. The molecule has 0 N–H and O–H groups in total. The molecule has 4 aromatic rings. The van der Waals surface area contributed by atoms with Gasteiger partial charge in [-0.2, -0.15) is 0 Å². The van der Waals surface area contributed by atoms with Crippen molar-refractivity contribution in [3.63, 3.8) is 0 Å². The lowest BCUT2D eigenvalue weighted by atomic mass is 10.1. The topological polar surface area (TPSA) is 72.4 Å². The smallest absolute Gasteiger partial charge is 0.265 e. The highest BCUT2D eigenvalue weighted by Gasteiger charge is 2.28. The van der Waals surface area contributed by atoms with Crippen molar-refractivity contribution in [1.29, 1.82) is 0 Å². The second kappa shape index (κ2) is 8.60. The first-order valence-electron chi connectivity index (χ1n) is 10.6. The van der Waals surface area contributed by atoms with E-state index in [4.69, 9.17) is 9.72 Å². The molecule has 1 aliphatic rings. The second-order valence-electron chi connectivity index (χ2n) is 7.88. The summed E-state index contributed by atoms with van der Waals surface area (Å²) >= 11 is 1.57. The number of ketones is 1. The molecule has 3 heterocycles. The molecule has 0 saturated carbocycles. The molecule has 5 rings (SSSR count). The number of rotatable bonds is 5. The Morgan fingerprint density at radius 3 is 2.67 bits per heavy atom. The van der Waals surface area contributed by atoms with Crippen molar-refractivity contribution in [2.75, 3.05) is 18.1 Å². The SMILES string of the molecule is Cc1ccc(C(=O)CN2C(=O)COc3ccc(-c4nc(-c5ccccn5)sc4C)cc32)cc1. The average molecular weight is 456 g/mol. The molecule has 1 aliphatic heterocycles. The summed E-state index contributed by atoms with van der Waals surface area (Å²) in [6.07, 6.45) is 1.75. The fourth-order valence-corrected chi connectivity index (χ4v) is 4.67. The highest BCUT2D eigenvalue weighted by Crippen LogP contribution is 2.39. The van der Waals surface area contributed by atoms with Crippen molar-refractivity contribution in [3.05, 3.63) is 82.9 Å². The number of ether oxygens (including phenoxy) is 1. The Bertz CT molecular complexity index is 1350. The van der Waals surface area contributed by atoms with Gasteiger partial charge in [0.2, 0.25) is 0 Å². The molecule has 0 saturated heterocycles. The molecule has 0 fully saturated rings. The lowest BCUT2D eigenvalue weighted by Gasteiger charge is -2.29. The number of benzene rings is 2. The lowest BCUT2D eigenvalue weighted by molar-refractivity contribution is -0.121. The fourth-order valence-electron chi connectivity index (χ4n) is 3.76. The van der Waals surface area contributed by atoms with Crippen LogP contribution in [0.3, 0.4) is 0 Å². The number of amides is 1. The lowest BCUT2D eigenvalue weighted by Crippen LogP contribution is -2.42. The number of hydrogen-bond acceptors (Lipinski definition) is 6. The Balaban J connectivity index is 1.49. The second-order valence-corrected chi connectivity index (χ2v) is 9.08. The Morgan fingerprint density at radius 2 is 1.91 bits per heavy atom. The van der Waals surface area contributed by atoms with Gasteiger partial charge in [0.05, 0.1) is 23.6 Å². The van der Waals surface area contributed by atoms with Gasteiger partial charge in [-0.25, -0.2) is 4.98 Å². The Labute approximate surface area is 195 Å². The standard InChI is InChI=1S/C26H21N3O3S/c1-16-6-8-18(9-7-16)22(30)14-29-21-13-19(10-11-23(21)32-15-24(29)31)25-17(2)33-26(28-25)20-5-3-4-12-27-20/h3-13H,14-15H2,1-2H3. The van der Waals surface area contributed by atoms with E-state index in [0.717, 1.165) is 32.4 Å². The minimum Gasteiger partial charge on any atom is -0.482 e. The largest absolute Gasteiger partial charge is 0.482 e. The Kier molecular flexibility index (Phi) is 5.48. The van der Waals surface area contributed by atoms with Crippen LogP contribution in [0, 0.1) is 13.8 Å². The monoisotopic (exact) mass is 455 g/mol. The van der Waals surface area contributed by atoms with Crippen molar-refractivity contribution in [3.8, 4) is 27.7 Å². The van der Waals surface area contributed by atoms with E-state index in [9.17, 15) is 9.59 Å². The van der Waals surface area contributed by atoms with Gasteiger partial charge in [0.25, 0.3) is 5.91 Å². The quantitative estimate of drug-likeness (QED) is 0.392. The molecule has 0 spiro atoms. The number of thiazole rings is 1. The third kappa shape index (κ3) is 4.15. The molecule has 0 unspecified atom stereocenters. The number of carbonyl (C=O) groups excluding carboxylic acids is 2. The van der Waals surface area contributed by atoms with Gasteiger partial charge in [0, 0.05) is 22.2 Å². The molecular weight excluding hydrogens is 434 g/mol. The molecule has 2 aromatic heterocycles. The van der Waals surface area contributed by atoms with E-state index >= 15 is 0 Å². The van der Waals surface area contributed by atoms with Crippen molar-refractivity contribution in [2.45, 2.75) is 13.8 Å². The zero-order valence-electron chi connectivity index (χ0n) is 18.2. The molecule has 0 aliphatic carbocycles. The van der Waals surface area contributed by atoms with Crippen LogP contribution in [-0.4, -0.2) is 34.8 Å². The number of carbonyl (C=O) groups is 2. The van der Waals surface area contributed by atoms with E-state index in [1.54, 1.807) is 29.7 Å². The minimum atomic E-state index is -0.246. The van der Waals surface area contributed by atoms with E-state index in [2.05, 4.69) is 4.98 Å². The number of nitrogens with zero attached hydrogens (tertiary/aromatic N) is 3. The maximum atomic E-state index is 12.9. The predicted molar refractivity (Wildman–Crippen MR) is 129 cm³/mol. The van der Waals surface area contributed by atoms with Gasteiger partial charge in [-0.1, -0.05) is 35.9 Å². The summed E-state index contributed by atoms with van der Waals surface area (Å²) in [6.45, 7) is 3.85. The van der Waals surface area contributed by atoms with Crippen LogP contribution >= 0.6 is 11.3 Å². The first-order valence-corrected chi connectivity index (χ1v) is 11.4. The number of fused-ring (bicyclic) bond motifs is 1. The van der Waals surface area contributed by atoms with E-state index in [1.807, 2.05) is 62.4 Å². The highest BCUT2D eigenvalue weighted by molar-refractivity contribution is 7.15. The van der Waals surface area contributed by atoms with Gasteiger partial charge in [-0.3, -0.25) is 19.5 Å². The van der Waals surface area contributed by atoms with E-state index in [-0.39, 0.29) is 24.8 Å². The molecule has 7 heteroatoms. The van der Waals surface area contributed by atoms with Crippen LogP contribution in [0.15, 0.2) is 66.9 Å². The molecule has 6 nitrogen and oxygen atoms in total. The van der Waals surface area contributed by atoms with E-state index in [0.29, 0.717) is 17.0 Å². The third-order valence-electron chi connectivity index (χ3n) is 5.53. The molecule has 2 aromatic carbocycles. The summed E-state index contributed by atoms with van der Waals surface area (Å²) in [7, 11) is 0. The van der Waals surface area contributed by atoms with Crippen molar-refractivity contribution < 1.29 is 14.3 Å². The average Bonchev–Trinajstić information content (AvgIpc) is 3.23. The van der Waals surface area contributed by atoms with Gasteiger partial charge in [-0.05, 0) is 44.2 Å². The first-order chi connectivity index (χ1) is 16.0. The molecule has 1 amide bonds. The summed E-state index contributed by atoms with van der Waals surface area (Å²) < 4.78 is 5.63. The van der Waals surface area contributed by atoms with Gasteiger partial charge >= 0.3 is 0 Å². The summed E-state index contributed by atoms with van der Waals surface area (Å²) in [5, 5.41) is 0.833.